The van der Waals surface area contributed by atoms with Crippen LogP contribution < -0.4 is 0 Å². The largest absolute Gasteiger partial charge is 0.416 e. The van der Waals surface area contributed by atoms with Gasteiger partial charge < -0.3 is 0 Å². The van der Waals surface area contributed by atoms with Crippen molar-refractivity contribution in [2.24, 2.45) is 0 Å². The molecule has 0 saturated heterocycles. The van der Waals surface area contributed by atoms with Gasteiger partial charge in [0.15, 0.2) is 9.84 Å². The van der Waals surface area contributed by atoms with E-state index in [4.69, 9.17) is 0 Å². The van der Waals surface area contributed by atoms with Crippen LogP contribution in [0, 0.1) is 0 Å². The Morgan fingerprint density at radius 1 is 0.567 bits per heavy atom. The fraction of sp³-hybridized carbons (Fsp3) is 0.143. The SMILES string of the molecule is O=S(=O)(c1ccccc1)C(c1ccc(C(F)(F)F)cc1)c1ccc(C(F)(F)F)cc1. The summed E-state index contributed by atoms with van der Waals surface area (Å²) in [6, 6.07) is 14.2. The molecule has 158 valence electrons. The predicted octanol–water partition coefficient (Wildman–Crippen LogP) is 6.29. The molecule has 0 atom stereocenters. The lowest BCUT2D eigenvalue weighted by atomic mass is 10.0. The molecule has 0 N–H and O–H groups in total. The van der Waals surface area contributed by atoms with E-state index in [9.17, 15) is 34.8 Å². The van der Waals surface area contributed by atoms with Crippen LogP contribution in [0.4, 0.5) is 26.3 Å². The average Bonchev–Trinajstić information content (AvgIpc) is 2.68. The highest BCUT2D eigenvalue weighted by molar-refractivity contribution is 7.91. The maximum Gasteiger partial charge on any atom is 0.416 e. The van der Waals surface area contributed by atoms with Gasteiger partial charge in [0.2, 0.25) is 0 Å². The summed E-state index contributed by atoms with van der Waals surface area (Å²) in [5.74, 6) is 0. The molecule has 0 aliphatic carbocycles. The monoisotopic (exact) mass is 444 g/mol. The third-order valence-electron chi connectivity index (χ3n) is 4.46. The van der Waals surface area contributed by atoms with Crippen LogP contribution in [0.2, 0.25) is 0 Å². The average molecular weight is 444 g/mol. The number of hydrogen-bond acceptors (Lipinski definition) is 2. The van der Waals surface area contributed by atoms with Crippen molar-refractivity contribution in [1.82, 2.24) is 0 Å². The van der Waals surface area contributed by atoms with Crippen molar-refractivity contribution in [3.63, 3.8) is 0 Å². The molecule has 0 radical (unpaired) electrons. The minimum atomic E-state index is -4.61. The van der Waals surface area contributed by atoms with Crippen LogP contribution in [0.5, 0.6) is 0 Å². The Morgan fingerprint density at radius 2 is 0.933 bits per heavy atom. The van der Waals surface area contributed by atoms with Gasteiger partial charge in [0.25, 0.3) is 0 Å². The van der Waals surface area contributed by atoms with Crippen molar-refractivity contribution in [3.8, 4) is 0 Å². The van der Waals surface area contributed by atoms with Crippen LogP contribution in [-0.2, 0) is 22.2 Å². The number of benzene rings is 3. The minimum Gasteiger partial charge on any atom is -0.223 e. The van der Waals surface area contributed by atoms with E-state index in [0.29, 0.717) is 0 Å². The second-order valence-corrected chi connectivity index (χ2v) is 8.51. The zero-order valence-corrected chi connectivity index (χ0v) is 15.9. The van der Waals surface area contributed by atoms with E-state index in [0.717, 1.165) is 48.5 Å². The fourth-order valence-electron chi connectivity index (χ4n) is 2.99. The first-order valence-corrected chi connectivity index (χ1v) is 10.1. The van der Waals surface area contributed by atoms with Gasteiger partial charge in [-0.15, -0.1) is 0 Å². The summed E-state index contributed by atoms with van der Waals surface area (Å²) < 4.78 is 104. The zero-order valence-electron chi connectivity index (χ0n) is 15.1. The lowest BCUT2D eigenvalue weighted by Gasteiger charge is -2.20. The van der Waals surface area contributed by atoms with Crippen LogP contribution in [-0.4, -0.2) is 8.42 Å². The third kappa shape index (κ3) is 4.51. The highest BCUT2D eigenvalue weighted by Gasteiger charge is 2.35. The van der Waals surface area contributed by atoms with E-state index >= 15 is 0 Å². The topological polar surface area (TPSA) is 34.1 Å². The first kappa shape index (κ1) is 21.9. The Hall–Kier alpha value is -2.81. The smallest absolute Gasteiger partial charge is 0.223 e. The van der Waals surface area contributed by atoms with Crippen molar-refractivity contribution >= 4 is 9.84 Å². The number of alkyl halides is 6. The number of hydrogen-bond donors (Lipinski definition) is 0. The van der Waals surface area contributed by atoms with Crippen LogP contribution in [0.25, 0.3) is 0 Å². The summed E-state index contributed by atoms with van der Waals surface area (Å²) in [5.41, 5.74) is -1.91. The third-order valence-corrected chi connectivity index (χ3v) is 6.56. The first-order valence-electron chi connectivity index (χ1n) is 8.54. The number of sulfone groups is 1. The molecule has 0 unspecified atom stereocenters. The molecule has 2 nitrogen and oxygen atoms in total. The van der Waals surface area contributed by atoms with E-state index in [1.54, 1.807) is 6.07 Å². The molecule has 0 aromatic heterocycles. The van der Waals surface area contributed by atoms with E-state index < -0.39 is 38.6 Å². The lowest BCUT2D eigenvalue weighted by Crippen LogP contribution is -2.16. The van der Waals surface area contributed by atoms with Gasteiger partial charge in [-0.1, -0.05) is 42.5 Å². The van der Waals surface area contributed by atoms with Crippen molar-refractivity contribution in [2.45, 2.75) is 22.5 Å². The van der Waals surface area contributed by atoms with Gasteiger partial charge in [-0.3, -0.25) is 0 Å². The van der Waals surface area contributed by atoms with Gasteiger partial charge in [0.05, 0.1) is 16.0 Å². The molecule has 0 aliphatic heterocycles. The predicted molar refractivity (Wildman–Crippen MR) is 98.4 cm³/mol. The summed E-state index contributed by atoms with van der Waals surface area (Å²) >= 11 is 0. The molecule has 0 spiro atoms. The van der Waals surface area contributed by atoms with Gasteiger partial charge >= 0.3 is 12.4 Å². The van der Waals surface area contributed by atoms with Gasteiger partial charge in [-0.2, -0.15) is 26.3 Å². The van der Waals surface area contributed by atoms with E-state index in [1.165, 1.54) is 24.3 Å². The van der Waals surface area contributed by atoms with Crippen molar-refractivity contribution in [2.75, 3.05) is 0 Å². The maximum absolute atomic E-state index is 13.3. The van der Waals surface area contributed by atoms with Crippen molar-refractivity contribution in [1.29, 1.82) is 0 Å². The van der Waals surface area contributed by atoms with Gasteiger partial charge in [0, 0.05) is 0 Å². The Kier molecular flexibility index (Phi) is 5.68. The van der Waals surface area contributed by atoms with Crippen molar-refractivity contribution < 1.29 is 34.8 Å². The van der Waals surface area contributed by atoms with E-state index in [2.05, 4.69) is 0 Å². The Balaban J connectivity index is 2.15. The second kappa shape index (κ2) is 7.79. The standard InChI is InChI=1S/C21H14F6O2S/c22-20(23,24)16-10-6-14(7-11-16)19(30(28,29)18-4-2-1-3-5-18)15-8-12-17(13-9-15)21(25,26)27/h1-13,19H. The summed E-state index contributed by atoms with van der Waals surface area (Å²) in [7, 11) is -4.17. The lowest BCUT2D eigenvalue weighted by molar-refractivity contribution is -0.138. The molecule has 0 heterocycles. The first-order chi connectivity index (χ1) is 13.9. The van der Waals surface area contributed by atoms with Gasteiger partial charge in [-0.25, -0.2) is 8.42 Å². The quantitative estimate of drug-likeness (QED) is 0.444. The van der Waals surface area contributed by atoms with Crippen LogP contribution in [0.1, 0.15) is 27.5 Å². The molecular formula is C21H14F6O2S. The van der Waals surface area contributed by atoms with Gasteiger partial charge in [0.1, 0.15) is 5.25 Å². The molecule has 3 rings (SSSR count). The summed E-state index contributed by atoms with van der Waals surface area (Å²) in [6.07, 6.45) is -9.22. The molecule has 3 aromatic carbocycles. The normalized spacial score (nSPS) is 12.9. The van der Waals surface area contributed by atoms with Crippen molar-refractivity contribution in [3.05, 3.63) is 101 Å². The second-order valence-electron chi connectivity index (χ2n) is 6.48. The summed E-state index contributed by atoms with van der Waals surface area (Å²) in [5, 5.41) is -1.48. The van der Waals surface area contributed by atoms with Crippen LogP contribution in [0.15, 0.2) is 83.8 Å². The maximum atomic E-state index is 13.3. The molecule has 30 heavy (non-hydrogen) atoms. The van der Waals surface area contributed by atoms with Gasteiger partial charge in [-0.05, 0) is 47.5 Å². The van der Waals surface area contributed by atoms with Crippen LogP contribution >= 0.6 is 0 Å². The highest BCUT2D eigenvalue weighted by Crippen LogP contribution is 2.38. The number of halogens is 6. The molecule has 0 bridgehead atoms. The number of rotatable bonds is 4. The minimum absolute atomic E-state index is 0.00612. The molecule has 3 aromatic rings. The Morgan fingerprint density at radius 3 is 1.27 bits per heavy atom. The molecular weight excluding hydrogens is 430 g/mol. The Bertz CT molecular complexity index is 1040. The Labute approximate surface area is 168 Å². The highest BCUT2D eigenvalue weighted by atomic mass is 32.2. The molecule has 0 saturated carbocycles. The zero-order chi connectivity index (χ0) is 22.2. The van der Waals surface area contributed by atoms with E-state index in [-0.39, 0.29) is 16.0 Å². The summed E-state index contributed by atoms with van der Waals surface area (Å²) in [4.78, 5) is -0.102. The fourth-order valence-corrected chi connectivity index (χ4v) is 4.83. The molecule has 0 amide bonds. The molecule has 9 heteroatoms. The molecule has 0 aliphatic rings. The van der Waals surface area contributed by atoms with Crippen LogP contribution in [0.3, 0.4) is 0 Å². The summed E-state index contributed by atoms with van der Waals surface area (Å²) in [6.45, 7) is 0. The van der Waals surface area contributed by atoms with E-state index in [1.807, 2.05) is 0 Å². The molecule has 0 fully saturated rings.